The lowest BCUT2D eigenvalue weighted by Gasteiger charge is -2.34. The van der Waals surface area contributed by atoms with Crippen molar-refractivity contribution >= 4 is 27.8 Å². The van der Waals surface area contributed by atoms with Crippen molar-refractivity contribution in [1.29, 1.82) is 0 Å². The van der Waals surface area contributed by atoms with E-state index in [1.807, 2.05) is 24.3 Å². The van der Waals surface area contributed by atoms with Gasteiger partial charge in [-0.2, -0.15) is 9.97 Å². The lowest BCUT2D eigenvalue weighted by molar-refractivity contribution is -0.123. The van der Waals surface area contributed by atoms with Crippen LogP contribution >= 0.6 is 0 Å². The van der Waals surface area contributed by atoms with E-state index in [-0.39, 0.29) is 52.9 Å². The van der Waals surface area contributed by atoms with Gasteiger partial charge in [-0.1, -0.05) is 24.3 Å². The molecule has 208 valence electrons. The van der Waals surface area contributed by atoms with Gasteiger partial charge in [-0.3, -0.25) is 9.88 Å². The zero-order valence-corrected chi connectivity index (χ0v) is 22.0. The summed E-state index contributed by atoms with van der Waals surface area (Å²) in [7, 11) is 2.90. The van der Waals surface area contributed by atoms with Gasteiger partial charge in [-0.25, -0.2) is 9.18 Å². The number of benzene rings is 2. The predicted octanol–water partition coefficient (Wildman–Crippen LogP) is 3.62. The summed E-state index contributed by atoms with van der Waals surface area (Å²) >= 11 is 0. The summed E-state index contributed by atoms with van der Waals surface area (Å²) in [5, 5.41) is 15.2. The number of hydrogen-bond acceptors (Lipinski definition) is 10. The Hall–Kier alpha value is -4.13. The van der Waals surface area contributed by atoms with E-state index in [1.165, 1.54) is 26.5 Å². The zero-order valence-electron chi connectivity index (χ0n) is 22.0. The van der Waals surface area contributed by atoms with Crippen molar-refractivity contribution < 1.29 is 33.2 Å². The molecule has 40 heavy (non-hydrogen) atoms. The van der Waals surface area contributed by atoms with Crippen LogP contribution < -0.4 is 14.8 Å². The molecule has 2 saturated heterocycles. The molecular formula is C28H28FN5O6. The average Bonchev–Trinajstić information content (AvgIpc) is 3.22. The number of aromatic hydroxyl groups is 1. The maximum Gasteiger partial charge on any atom is 0.417 e. The predicted molar refractivity (Wildman–Crippen MR) is 143 cm³/mol. The van der Waals surface area contributed by atoms with E-state index in [9.17, 15) is 9.90 Å². The number of nitrogens with zero attached hydrogens (tertiary/aromatic N) is 4. The molecule has 2 fully saturated rings. The molecule has 2 N–H and O–H groups in total. The first-order valence-corrected chi connectivity index (χ1v) is 12.9. The number of halogens is 1. The minimum atomic E-state index is -0.782. The fourth-order valence-electron chi connectivity index (χ4n) is 5.42. The SMILES string of the molecule is COC(COc1nc(OC(=O)N2C3CCC2CNC3)c2cnc(-c3cc(O)cc4ccccc34)c(F)c2n1)OC. The molecule has 0 saturated carbocycles. The van der Waals surface area contributed by atoms with Crippen LogP contribution in [0.2, 0.25) is 0 Å². The van der Waals surface area contributed by atoms with Gasteiger partial charge >= 0.3 is 12.1 Å². The van der Waals surface area contributed by atoms with Crippen molar-refractivity contribution in [3.63, 3.8) is 0 Å². The molecule has 4 aromatic rings. The monoisotopic (exact) mass is 549 g/mol. The van der Waals surface area contributed by atoms with Crippen LogP contribution in [0.5, 0.6) is 17.6 Å². The molecule has 2 bridgehead atoms. The first kappa shape index (κ1) is 26.1. The van der Waals surface area contributed by atoms with Gasteiger partial charge in [-0.05, 0) is 35.7 Å². The Morgan fingerprint density at radius 3 is 2.62 bits per heavy atom. The second kappa shape index (κ2) is 10.8. The Balaban J connectivity index is 1.44. The van der Waals surface area contributed by atoms with Crippen molar-refractivity contribution in [2.24, 2.45) is 0 Å². The first-order valence-electron chi connectivity index (χ1n) is 12.9. The van der Waals surface area contributed by atoms with Crippen LogP contribution in [0.1, 0.15) is 12.8 Å². The quantitative estimate of drug-likeness (QED) is 0.330. The molecule has 2 aromatic heterocycles. The van der Waals surface area contributed by atoms with Gasteiger partial charge in [0.05, 0.1) is 5.39 Å². The first-order chi connectivity index (χ1) is 19.5. The van der Waals surface area contributed by atoms with Crippen LogP contribution in [0.4, 0.5) is 9.18 Å². The largest absolute Gasteiger partial charge is 0.508 e. The third-order valence-electron chi connectivity index (χ3n) is 7.38. The van der Waals surface area contributed by atoms with Gasteiger partial charge in [0.15, 0.2) is 12.1 Å². The van der Waals surface area contributed by atoms with Crippen LogP contribution in [-0.4, -0.2) is 83.3 Å². The molecule has 0 spiro atoms. The van der Waals surface area contributed by atoms with E-state index in [2.05, 4.69) is 20.3 Å². The number of carbonyl (C=O) groups excluding carboxylic acids is 1. The van der Waals surface area contributed by atoms with Gasteiger partial charge < -0.3 is 29.4 Å². The molecule has 4 heterocycles. The standard InChI is InChI=1S/C28H28FN5O6/c1-37-22(38-2)14-39-27-32-25-21(26(33-27)40-28(36)34-16-7-8-17(34)12-30-11-16)13-31-24(23(25)29)20-10-18(35)9-15-5-3-4-6-19(15)20/h3-6,9-10,13,16-17,22,30,35H,7-8,11-12,14H2,1-2H3. The highest BCUT2D eigenvalue weighted by atomic mass is 19.1. The summed E-state index contributed by atoms with van der Waals surface area (Å²) < 4.78 is 38.0. The van der Waals surface area contributed by atoms with Crippen molar-refractivity contribution in [2.45, 2.75) is 31.2 Å². The molecule has 2 unspecified atom stereocenters. The Bertz CT molecular complexity index is 1570. The van der Waals surface area contributed by atoms with E-state index >= 15 is 4.39 Å². The van der Waals surface area contributed by atoms with Crippen molar-refractivity contribution in [1.82, 2.24) is 25.2 Å². The van der Waals surface area contributed by atoms with Gasteiger partial charge in [0, 0.05) is 51.2 Å². The number of carbonyl (C=O) groups is 1. The van der Waals surface area contributed by atoms with E-state index in [4.69, 9.17) is 18.9 Å². The minimum absolute atomic E-state index is 0.0136. The number of ether oxygens (including phenoxy) is 4. The highest BCUT2D eigenvalue weighted by Gasteiger charge is 2.41. The molecule has 2 aliphatic heterocycles. The molecular weight excluding hydrogens is 521 g/mol. The Labute approximate surface area is 228 Å². The summed E-state index contributed by atoms with van der Waals surface area (Å²) in [5.74, 6) is -0.990. The minimum Gasteiger partial charge on any atom is -0.508 e. The number of aromatic nitrogens is 3. The third kappa shape index (κ3) is 4.74. The van der Waals surface area contributed by atoms with E-state index in [0.717, 1.165) is 18.2 Å². The number of methoxy groups -OCH3 is 2. The fraction of sp³-hybridized carbons (Fsp3) is 0.357. The number of piperazine rings is 1. The molecule has 0 radical (unpaired) electrons. The molecule has 1 amide bonds. The lowest BCUT2D eigenvalue weighted by atomic mass is 10.0. The molecule has 11 nitrogen and oxygen atoms in total. The van der Waals surface area contributed by atoms with Crippen LogP contribution in [0.15, 0.2) is 42.6 Å². The highest BCUT2D eigenvalue weighted by Crippen LogP contribution is 2.37. The number of fused-ring (bicyclic) bond motifs is 4. The number of nitrogens with one attached hydrogen (secondary N) is 1. The Morgan fingerprint density at radius 2 is 1.88 bits per heavy atom. The number of phenolic OH excluding ortho intramolecular Hbond substituents is 1. The number of pyridine rings is 1. The van der Waals surface area contributed by atoms with Crippen LogP contribution in [0.3, 0.4) is 0 Å². The van der Waals surface area contributed by atoms with Gasteiger partial charge in [0.25, 0.3) is 0 Å². The average molecular weight is 550 g/mol. The summed E-state index contributed by atoms with van der Waals surface area (Å²) in [4.78, 5) is 27.9. The van der Waals surface area contributed by atoms with Crippen molar-refractivity contribution in [3.05, 3.63) is 48.4 Å². The van der Waals surface area contributed by atoms with E-state index in [0.29, 0.717) is 24.0 Å². The van der Waals surface area contributed by atoms with Crippen LogP contribution in [0.25, 0.3) is 32.9 Å². The molecule has 12 heteroatoms. The Kier molecular flexibility index (Phi) is 7.05. The smallest absolute Gasteiger partial charge is 0.417 e. The summed E-state index contributed by atoms with van der Waals surface area (Å²) in [5.41, 5.74) is 0.194. The van der Waals surface area contributed by atoms with Gasteiger partial charge in [0.1, 0.15) is 23.6 Å². The van der Waals surface area contributed by atoms with Gasteiger partial charge in [-0.15, -0.1) is 0 Å². The maximum atomic E-state index is 16.2. The molecule has 6 rings (SSSR count). The summed E-state index contributed by atoms with van der Waals surface area (Å²) in [6.07, 6.45) is 1.81. The second-order valence-electron chi connectivity index (χ2n) is 9.74. The normalized spacial score (nSPS) is 18.6. The van der Waals surface area contributed by atoms with Crippen molar-refractivity contribution in [3.8, 4) is 28.9 Å². The van der Waals surface area contributed by atoms with Crippen LogP contribution in [-0.2, 0) is 9.47 Å². The second-order valence-corrected chi connectivity index (χ2v) is 9.74. The number of hydrogen-bond donors (Lipinski definition) is 2. The summed E-state index contributed by atoms with van der Waals surface area (Å²) in [6, 6.07) is 10.1. The topological polar surface area (TPSA) is 128 Å². The highest BCUT2D eigenvalue weighted by molar-refractivity contribution is 5.99. The molecule has 2 aromatic carbocycles. The number of rotatable bonds is 7. The molecule has 2 aliphatic rings. The maximum absolute atomic E-state index is 16.2. The Morgan fingerprint density at radius 1 is 1.12 bits per heavy atom. The van der Waals surface area contributed by atoms with Crippen LogP contribution in [0, 0.1) is 5.82 Å². The van der Waals surface area contributed by atoms with Gasteiger partial charge in [0.2, 0.25) is 5.88 Å². The lowest BCUT2D eigenvalue weighted by Crippen LogP contribution is -2.55. The summed E-state index contributed by atoms with van der Waals surface area (Å²) in [6.45, 7) is 1.26. The zero-order chi connectivity index (χ0) is 27.8. The molecule has 0 aliphatic carbocycles. The molecule has 2 atom stereocenters. The number of amides is 1. The number of phenols is 1. The van der Waals surface area contributed by atoms with Crippen molar-refractivity contribution in [2.75, 3.05) is 33.9 Å². The van der Waals surface area contributed by atoms with E-state index < -0.39 is 18.2 Å². The fourth-order valence-corrected chi connectivity index (χ4v) is 5.42. The van der Waals surface area contributed by atoms with E-state index in [1.54, 1.807) is 11.0 Å². The third-order valence-corrected chi connectivity index (χ3v) is 7.38.